The lowest BCUT2D eigenvalue weighted by atomic mass is 9.96. The Morgan fingerprint density at radius 1 is 0.886 bits per heavy atom. The molecule has 200 valence electrons. The SMILES string of the molecule is CCC(C)C(NC(=O)C(CCCN=C(N)N)NC(=O)C(N)CC(N)=O)C(=O)NC(C(=O)O)C(C)C. The van der Waals surface area contributed by atoms with Crippen LogP contribution in [0.25, 0.3) is 0 Å². The van der Waals surface area contributed by atoms with E-state index in [1.165, 1.54) is 0 Å². The number of carbonyl (C=O) groups is 5. The van der Waals surface area contributed by atoms with Crippen LogP contribution in [0.5, 0.6) is 0 Å². The summed E-state index contributed by atoms with van der Waals surface area (Å²) in [4.78, 5) is 64.8. The Morgan fingerprint density at radius 2 is 1.46 bits per heavy atom. The molecule has 0 saturated heterocycles. The second-order valence-corrected chi connectivity index (χ2v) is 8.73. The van der Waals surface area contributed by atoms with Gasteiger partial charge in [-0.3, -0.25) is 24.2 Å². The van der Waals surface area contributed by atoms with E-state index < -0.39 is 60.2 Å². The highest BCUT2D eigenvalue weighted by atomic mass is 16.4. The highest BCUT2D eigenvalue weighted by Gasteiger charge is 2.33. The number of aliphatic imine (C=N–C) groups is 1. The summed E-state index contributed by atoms with van der Waals surface area (Å²) in [5, 5.41) is 16.9. The molecule has 0 fully saturated rings. The highest BCUT2D eigenvalue weighted by molar-refractivity contribution is 5.95. The summed E-state index contributed by atoms with van der Waals surface area (Å²) < 4.78 is 0. The van der Waals surface area contributed by atoms with Crippen molar-refractivity contribution in [3.63, 3.8) is 0 Å². The van der Waals surface area contributed by atoms with Crippen molar-refractivity contribution in [2.75, 3.05) is 6.54 Å². The Morgan fingerprint density at radius 3 is 1.91 bits per heavy atom. The third-order valence-electron chi connectivity index (χ3n) is 5.36. The van der Waals surface area contributed by atoms with Gasteiger partial charge in [-0.2, -0.15) is 0 Å². The zero-order valence-corrected chi connectivity index (χ0v) is 20.7. The van der Waals surface area contributed by atoms with Crippen LogP contribution in [0.15, 0.2) is 4.99 Å². The number of rotatable bonds is 16. The van der Waals surface area contributed by atoms with E-state index in [2.05, 4.69) is 20.9 Å². The van der Waals surface area contributed by atoms with Crippen molar-refractivity contribution in [1.82, 2.24) is 16.0 Å². The molecule has 0 spiro atoms. The number of hydrogen-bond acceptors (Lipinski definition) is 7. The molecule has 0 radical (unpaired) electrons. The van der Waals surface area contributed by atoms with Crippen LogP contribution < -0.4 is 38.9 Å². The van der Waals surface area contributed by atoms with Gasteiger partial charge in [0.1, 0.15) is 18.1 Å². The molecule has 0 heterocycles. The van der Waals surface area contributed by atoms with Crippen molar-refractivity contribution >= 4 is 35.6 Å². The molecule has 0 aliphatic carbocycles. The average molecular weight is 501 g/mol. The van der Waals surface area contributed by atoms with Crippen molar-refractivity contribution in [3.05, 3.63) is 0 Å². The number of aliphatic carboxylic acids is 1. The number of carboxylic acids is 1. The molecular formula is C21H40N8O6. The van der Waals surface area contributed by atoms with Crippen LogP contribution in [-0.2, 0) is 24.0 Å². The number of hydrogen-bond donors (Lipinski definition) is 8. The van der Waals surface area contributed by atoms with Crippen LogP contribution in [-0.4, -0.2) is 71.4 Å². The molecule has 14 nitrogen and oxygen atoms in total. The van der Waals surface area contributed by atoms with Gasteiger partial charge in [-0.25, -0.2) is 4.79 Å². The van der Waals surface area contributed by atoms with Gasteiger partial charge in [0.05, 0.1) is 12.5 Å². The van der Waals surface area contributed by atoms with E-state index in [9.17, 15) is 29.1 Å². The van der Waals surface area contributed by atoms with Gasteiger partial charge in [-0.05, 0) is 24.7 Å². The number of carbonyl (C=O) groups excluding carboxylic acids is 4. The van der Waals surface area contributed by atoms with E-state index in [1.807, 2.05) is 6.92 Å². The minimum atomic E-state index is -1.27. The fourth-order valence-electron chi connectivity index (χ4n) is 3.07. The molecule has 12 N–H and O–H groups in total. The van der Waals surface area contributed by atoms with Gasteiger partial charge < -0.3 is 44.0 Å². The molecular weight excluding hydrogens is 460 g/mol. The number of carboxylic acid groups (broad SMARTS) is 1. The van der Waals surface area contributed by atoms with Gasteiger partial charge in [0.2, 0.25) is 23.6 Å². The smallest absolute Gasteiger partial charge is 0.326 e. The Kier molecular flexibility index (Phi) is 14.0. The van der Waals surface area contributed by atoms with Crippen molar-refractivity contribution < 1.29 is 29.1 Å². The molecule has 5 atom stereocenters. The minimum Gasteiger partial charge on any atom is -0.480 e. The van der Waals surface area contributed by atoms with Crippen LogP contribution in [0.4, 0.5) is 0 Å². The topological polar surface area (TPSA) is 258 Å². The Balaban J connectivity index is 5.67. The van der Waals surface area contributed by atoms with Gasteiger partial charge in [-0.1, -0.05) is 34.1 Å². The predicted octanol–water partition coefficient (Wildman–Crippen LogP) is -2.52. The first kappa shape index (κ1) is 31.6. The minimum absolute atomic E-state index is 0.0935. The zero-order chi connectivity index (χ0) is 27.3. The maximum atomic E-state index is 13.1. The summed E-state index contributed by atoms with van der Waals surface area (Å²) in [5.41, 5.74) is 21.3. The van der Waals surface area contributed by atoms with E-state index >= 15 is 0 Å². The van der Waals surface area contributed by atoms with Gasteiger partial charge >= 0.3 is 5.97 Å². The average Bonchev–Trinajstić information content (AvgIpc) is 2.75. The van der Waals surface area contributed by atoms with E-state index in [0.717, 1.165) is 0 Å². The highest BCUT2D eigenvalue weighted by Crippen LogP contribution is 2.11. The molecule has 35 heavy (non-hydrogen) atoms. The number of nitrogens with two attached hydrogens (primary N) is 4. The van der Waals surface area contributed by atoms with Gasteiger partial charge in [0, 0.05) is 6.54 Å². The molecule has 0 bridgehead atoms. The number of nitrogens with one attached hydrogen (secondary N) is 3. The first-order chi connectivity index (χ1) is 16.2. The van der Waals surface area contributed by atoms with Crippen LogP contribution in [0.2, 0.25) is 0 Å². The van der Waals surface area contributed by atoms with Crippen LogP contribution in [0, 0.1) is 11.8 Å². The van der Waals surface area contributed by atoms with Gasteiger partial charge in [0.15, 0.2) is 5.96 Å². The molecule has 5 unspecified atom stereocenters. The monoisotopic (exact) mass is 500 g/mol. The molecule has 14 heteroatoms. The molecule has 0 aliphatic heterocycles. The predicted molar refractivity (Wildman–Crippen MR) is 129 cm³/mol. The number of primary amides is 1. The first-order valence-corrected chi connectivity index (χ1v) is 11.4. The fourth-order valence-corrected chi connectivity index (χ4v) is 3.07. The molecule has 4 amide bonds. The maximum absolute atomic E-state index is 13.1. The maximum Gasteiger partial charge on any atom is 0.326 e. The molecule has 0 aromatic rings. The van der Waals surface area contributed by atoms with Gasteiger partial charge in [0.25, 0.3) is 0 Å². The van der Waals surface area contributed by atoms with Crippen molar-refractivity contribution in [1.29, 1.82) is 0 Å². The van der Waals surface area contributed by atoms with E-state index in [0.29, 0.717) is 12.8 Å². The molecule has 0 aliphatic rings. The molecule has 0 aromatic heterocycles. The van der Waals surface area contributed by atoms with Crippen molar-refractivity contribution in [3.8, 4) is 0 Å². The lowest BCUT2D eigenvalue weighted by molar-refractivity contribution is -0.144. The summed E-state index contributed by atoms with van der Waals surface area (Å²) in [6, 6.07) is -4.61. The molecule has 0 rings (SSSR count). The van der Waals surface area contributed by atoms with E-state index in [1.54, 1.807) is 20.8 Å². The quantitative estimate of drug-likeness (QED) is 0.0631. The largest absolute Gasteiger partial charge is 0.480 e. The van der Waals surface area contributed by atoms with E-state index in [-0.39, 0.29) is 30.8 Å². The number of guanidine groups is 1. The standard InChI is InChI=1S/C21H40N8O6/c1-5-11(4)16(19(33)28-15(10(2)3)20(34)35)29-18(32)13(7-6-8-26-21(24)25)27-17(31)12(22)9-14(23)30/h10-13,15-16H,5-9,22H2,1-4H3,(H2,23,30)(H,27,31)(H,28,33)(H,29,32)(H,34,35)(H4,24,25,26). The molecule has 0 saturated carbocycles. The van der Waals surface area contributed by atoms with Crippen molar-refractivity contribution in [2.45, 2.75) is 77.5 Å². The normalized spacial score (nSPS) is 15.1. The first-order valence-electron chi connectivity index (χ1n) is 11.4. The Labute approximate surface area is 205 Å². The number of nitrogens with zero attached hydrogens (tertiary/aromatic N) is 1. The lowest BCUT2D eigenvalue weighted by Crippen LogP contribution is -2.59. The third kappa shape index (κ3) is 12.0. The summed E-state index contributed by atoms with van der Waals surface area (Å²) in [5.74, 6) is -4.99. The second-order valence-electron chi connectivity index (χ2n) is 8.73. The van der Waals surface area contributed by atoms with Gasteiger partial charge in [-0.15, -0.1) is 0 Å². The lowest BCUT2D eigenvalue weighted by Gasteiger charge is -2.28. The molecule has 0 aromatic carbocycles. The fraction of sp³-hybridized carbons (Fsp3) is 0.714. The van der Waals surface area contributed by atoms with Crippen LogP contribution in [0.3, 0.4) is 0 Å². The van der Waals surface area contributed by atoms with E-state index in [4.69, 9.17) is 22.9 Å². The summed E-state index contributed by atoms with van der Waals surface area (Å²) >= 11 is 0. The van der Waals surface area contributed by atoms with Crippen LogP contribution in [0.1, 0.15) is 53.4 Å². The third-order valence-corrected chi connectivity index (χ3v) is 5.36. The summed E-state index contributed by atoms with van der Waals surface area (Å²) in [6.07, 6.45) is 0.479. The summed E-state index contributed by atoms with van der Waals surface area (Å²) in [7, 11) is 0. The summed E-state index contributed by atoms with van der Waals surface area (Å²) in [6.45, 7) is 7.01. The van der Waals surface area contributed by atoms with Crippen LogP contribution >= 0.6 is 0 Å². The zero-order valence-electron chi connectivity index (χ0n) is 20.7. The van der Waals surface area contributed by atoms with Crippen molar-refractivity contribution in [2.24, 2.45) is 39.8 Å². The number of amides is 4. The Hall–Kier alpha value is -3.42. The Bertz CT molecular complexity index is 784. The second kappa shape index (κ2) is 15.5.